The quantitative estimate of drug-likeness (QED) is 0.903. The van der Waals surface area contributed by atoms with Crippen LogP contribution in [0.2, 0.25) is 0 Å². The molecule has 1 aromatic rings. The van der Waals surface area contributed by atoms with E-state index in [1.807, 2.05) is 24.3 Å². The Morgan fingerprint density at radius 3 is 2.91 bits per heavy atom. The molecule has 1 N–H and O–H groups in total. The molecule has 0 saturated carbocycles. The van der Waals surface area contributed by atoms with Crippen LogP contribution in [-0.4, -0.2) is 55.0 Å². The van der Waals surface area contributed by atoms with Crippen molar-refractivity contribution in [3.8, 4) is 5.75 Å². The van der Waals surface area contributed by atoms with Crippen molar-refractivity contribution < 1.29 is 9.53 Å². The minimum Gasteiger partial charge on any atom is -0.497 e. The number of fused-ring (bicyclic) bond motifs is 2. The lowest BCUT2D eigenvalue weighted by molar-refractivity contribution is -0.125. The first-order valence-electron chi connectivity index (χ1n) is 7.97. The smallest absolute Gasteiger partial charge is 0.259 e. The van der Waals surface area contributed by atoms with Gasteiger partial charge in [0.15, 0.2) is 0 Å². The number of amides is 1. The lowest BCUT2D eigenvalue weighted by Gasteiger charge is -2.39. The van der Waals surface area contributed by atoms with E-state index < -0.39 is 0 Å². The standard InChI is InChI=1S/C17H20N4O2/c1-23-13-4-2-12(3-5-13)11-21-16(22)14-10-18-7-6-15(14)20-9-8-19-17(20)21/h2-5,18H,6-11H2,1H3. The SMILES string of the molecule is COc1ccc(CN2C(=O)C3=C(CCNC3)N3CCN=C23)cc1. The molecule has 0 unspecified atom stereocenters. The number of aliphatic imine (C=N–C) groups is 1. The number of guanidine groups is 1. The van der Waals surface area contributed by atoms with Gasteiger partial charge in [-0.1, -0.05) is 12.1 Å². The molecule has 3 aliphatic rings. The Kier molecular flexibility index (Phi) is 3.53. The molecule has 1 amide bonds. The number of hydrogen-bond acceptors (Lipinski definition) is 5. The largest absolute Gasteiger partial charge is 0.497 e. The van der Waals surface area contributed by atoms with Gasteiger partial charge in [0.2, 0.25) is 5.96 Å². The first-order valence-corrected chi connectivity index (χ1v) is 7.97. The number of benzene rings is 1. The molecular formula is C17H20N4O2. The average Bonchev–Trinajstić information content (AvgIpc) is 3.09. The molecule has 0 atom stereocenters. The molecule has 23 heavy (non-hydrogen) atoms. The molecule has 3 aliphatic heterocycles. The van der Waals surface area contributed by atoms with E-state index in [4.69, 9.17) is 4.74 Å². The zero-order valence-electron chi connectivity index (χ0n) is 13.2. The van der Waals surface area contributed by atoms with E-state index >= 15 is 0 Å². The van der Waals surface area contributed by atoms with Gasteiger partial charge in [-0.3, -0.25) is 14.7 Å². The van der Waals surface area contributed by atoms with Crippen molar-refractivity contribution in [1.29, 1.82) is 0 Å². The number of rotatable bonds is 3. The van der Waals surface area contributed by atoms with Crippen LogP contribution in [0.1, 0.15) is 12.0 Å². The Morgan fingerprint density at radius 1 is 1.30 bits per heavy atom. The lowest BCUT2D eigenvalue weighted by atomic mass is 10.0. The average molecular weight is 312 g/mol. The number of nitrogens with zero attached hydrogens (tertiary/aromatic N) is 3. The van der Waals surface area contributed by atoms with E-state index in [1.54, 1.807) is 12.0 Å². The summed E-state index contributed by atoms with van der Waals surface area (Å²) in [6.45, 7) is 3.74. The number of ether oxygens (including phenoxy) is 1. The number of nitrogens with one attached hydrogen (secondary N) is 1. The number of carbonyl (C=O) groups excluding carboxylic acids is 1. The van der Waals surface area contributed by atoms with Gasteiger partial charge in [0.1, 0.15) is 5.75 Å². The summed E-state index contributed by atoms with van der Waals surface area (Å²) in [4.78, 5) is 21.5. The van der Waals surface area contributed by atoms with Crippen LogP contribution in [0.3, 0.4) is 0 Å². The van der Waals surface area contributed by atoms with E-state index in [-0.39, 0.29) is 5.91 Å². The van der Waals surface area contributed by atoms with Gasteiger partial charge in [-0.15, -0.1) is 0 Å². The van der Waals surface area contributed by atoms with Crippen LogP contribution in [0.5, 0.6) is 5.75 Å². The van der Waals surface area contributed by atoms with Crippen molar-refractivity contribution in [1.82, 2.24) is 15.1 Å². The van der Waals surface area contributed by atoms with Crippen molar-refractivity contribution in [2.75, 3.05) is 33.3 Å². The number of methoxy groups -OCH3 is 1. The van der Waals surface area contributed by atoms with Gasteiger partial charge < -0.3 is 15.0 Å². The van der Waals surface area contributed by atoms with E-state index in [0.29, 0.717) is 13.1 Å². The second-order valence-corrected chi connectivity index (χ2v) is 5.92. The first kappa shape index (κ1) is 14.3. The summed E-state index contributed by atoms with van der Waals surface area (Å²) < 4.78 is 5.19. The molecule has 0 bridgehead atoms. The Labute approximate surface area is 135 Å². The van der Waals surface area contributed by atoms with Gasteiger partial charge in [0.25, 0.3) is 5.91 Å². The Morgan fingerprint density at radius 2 is 2.13 bits per heavy atom. The summed E-state index contributed by atoms with van der Waals surface area (Å²) in [5.74, 6) is 1.71. The van der Waals surface area contributed by atoms with Crippen molar-refractivity contribution in [2.45, 2.75) is 13.0 Å². The van der Waals surface area contributed by atoms with E-state index in [1.165, 1.54) is 0 Å². The van der Waals surface area contributed by atoms with Crippen LogP contribution in [0.4, 0.5) is 0 Å². The Balaban J connectivity index is 1.65. The summed E-state index contributed by atoms with van der Waals surface area (Å²) in [6.07, 6.45) is 0.899. The second-order valence-electron chi connectivity index (χ2n) is 5.92. The van der Waals surface area contributed by atoms with Crippen LogP contribution >= 0.6 is 0 Å². The van der Waals surface area contributed by atoms with Crippen LogP contribution < -0.4 is 10.1 Å². The molecule has 0 fully saturated rings. The molecule has 3 heterocycles. The molecule has 0 saturated heterocycles. The van der Waals surface area contributed by atoms with Crippen LogP contribution in [0, 0.1) is 0 Å². The summed E-state index contributed by atoms with van der Waals surface area (Å²) >= 11 is 0. The van der Waals surface area contributed by atoms with Gasteiger partial charge in [0, 0.05) is 31.8 Å². The van der Waals surface area contributed by atoms with Crippen LogP contribution in [0.25, 0.3) is 0 Å². The zero-order valence-corrected chi connectivity index (χ0v) is 13.2. The second kappa shape index (κ2) is 5.70. The van der Waals surface area contributed by atoms with Crippen molar-refractivity contribution >= 4 is 11.9 Å². The zero-order chi connectivity index (χ0) is 15.8. The van der Waals surface area contributed by atoms with Crippen molar-refractivity contribution in [2.24, 2.45) is 4.99 Å². The van der Waals surface area contributed by atoms with E-state index in [2.05, 4.69) is 15.2 Å². The summed E-state index contributed by atoms with van der Waals surface area (Å²) in [5.41, 5.74) is 3.13. The van der Waals surface area contributed by atoms with Gasteiger partial charge >= 0.3 is 0 Å². The summed E-state index contributed by atoms with van der Waals surface area (Å²) in [5, 5.41) is 3.31. The third-order valence-electron chi connectivity index (χ3n) is 4.58. The van der Waals surface area contributed by atoms with Crippen molar-refractivity contribution in [3.63, 3.8) is 0 Å². The summed E-state index contributed by atoms with van der Waals surface area (Å²) in [7, 11) is 1.65. The Bertz CT molecular complexity index is 693. The molecule has 0 aromatic heterocycles. The maximum atomic E-state index is 12.9. The highest BCUT2D eigenvalue weighted by Gasteiger charge is 2.39. The van der Waals surface area contributed by atoms with Gasteiger partial charge in [0.05, 0.1) is 25.8 Å². The highest BCUT2D eigenvalue weighted by atomic mass is 16.5. The van der Waals surface area contributed by atoms with Crippen LogP contribution in [0.15, 0.2) is 40.5 Å². The van der Waals surface area contributed by atoms with Crippen LogP contribution in [-0.2, 0) is 11.3 Å². The predicted octanol–water partition coefficient (Wildman–Crippen LogP) is 0.956. The molecular weight excluding hydrogens is 292 g/mol. The Hall–Kier alpha value is -2.34. The maximum absolute atomic E-state index is 12.9. The molecule has 0 aliphatic carbocycles. The minimum absolute atomic E-state index is 0.0833. The molecule has 120 valence electrons. The maximum Gasteiger partial charge on any atom is 0.259 e. The monoisotopic (exact) mass is 312 g/mol. The van der Waals surface area contributed by atoms with Gasteiger partial charge in [-0.2, -0.15) is 0 Å². The molecule has 4 rings (SSSR count). The highest BCUT2D eigenvalue weighted by Crippen LogP contribution is 2.29. The fraction of sp³-hybridized carbons (Fsp3) is 0.412. The van der Waals surface area contributed by atoms with E-state index in [9.17, 15) is 4.79 Å². The molecule has 6 nitrogen and oxygen atoms in total. The fourth-order valence-corrected chi connectivity index (χ4v) is 3.40. The highest BCUT2D eigenvalue weighted by molar-refractivity contribution is 6.09. The van der Waals surface area contributed by atoms with E-state index in [0.717, 1.165) is 54.6 Å². The van der Waals surface area contributed by atoms with Crippen molar-refractivity contribution in [3.05, 3.63) is 41.1 Å². The number of hydrogen-bond donors (Lipinski definition) is 1. The third kappa shape index (κ3) is 2.39. The lowest BCUT2D eigenvalue weighted by Crippen LogP contribution is -2.53. The molecule has 0 radical (unpaired) electrons. The third-order valence-corrected chi connectivity index (χ3v) is 4.58. The van der Waals surface area contributed by atoms with Gasteiger partial charge in [-0.25, -0.2) is 0 Å². The normalized spacial score (nSPS) is 20.4. The molecule has 0 spiro atoms. The molecule has 1 aromatic carbocycles. The molecule has 6 heteroatoms. The predicted molar refractivity (Wildman–Crippen MR) is 87.1 cm³/mol. The topological polar surface area (TPSA) is 57.2 Å². The minimum atomic E-state index is 0.0833. The van der Waals surface area contributed by atoms with Gasteiger partial charge in [-0.05, 0) is 17.7 Å². The summed E-state index contributed by atoms with van der Waals surface area (Å²) in [6, 6.07) is 7.83. The number of carbonyl (C=O) groups is 1. The fourth-order valence-electron chi connectivity index (χ4n) is 3.40. The first-order chi connectivity index (χ1) is 11.3.